The lowest BCUT2D eigenvalue weighted by molar-refractivity contribution is -0.120. The molecule has 0 aliphatic carbocycles. The van der Waals surface area contributed by atoms with E-state index in [4.69, 9.17) is 5.73 Å². The summed E-state index contributed by atoms with van der Waals surface area (Å²) in [5.41, 5.74) is 6.46. The monoisotopic (exact) mass is 354 g/mol. The molecule has 0 aromatic heterocycles. The maximum absolute atomic E-state index is 11.3. The predicted octanol–water partition coefficient (Wildman–Crippen LogP) is 0.352. The van der Waals surface area contributed by atoms with E-state index in [-0.39, 0.29) is 0 Å². The predicted molar refractivity (Wildman–Crippen MR) is 69.2 cm³/mol. The van der Waals surface area contributed by atoms with Gasteiger partial charge in [-0.1, -0.05) is 30.3 Å². The molecule has 1 rings (SSSR count). The number of rotatable bonds is 4. The highest BCUT2D eigenvalue weighted by atomic mass is 127. The van der Waals surface area contributed by atoms with E-state index in [1.165, 1.54) is 0 Å². The zero-order valence-corrected chi connectivity index (χ0v) is 11.2. The third-order valence-electron chi connectivity index (χ3n) is 1.86. The minimum absolute atomic E-state index is 0.304. The lowest BCUT2D eigenvalue weighted by atomic mass is 10.1. The van der Waals surface area contributed by atoms with Crippen LogP contribution in [0.5, 0.6) is 0 Å². The first-order valence-electron chi connectivity index (χ1n) is 4.44. The van der Waals surface area contributed by atoms with E-state index in [9.17, 15) is 13.2 Å². The Labute approximate surface area is 106 Å². The van der Waals surface area contributed by atoms with E-state index in [0.29, 0.717) is 6.42 Å². The van der Waals surface area contributed by atoms with Crippen molar-refractivity contribution in [2.24, 2.45) is 5.73 Å². The second-order valence-electron chi connectivity index (χ2n) is 3.20. The standard InChI is InChI=1S/C9H11IN2O3S/c10-16(14,15)12-9(13)8(11)6-7-4-2-1-3-5-7/h1-5,8H,6,11H2,(H,12,13). The maximum atomic E-state index is 11.3. The van der Waals surface area contributed by atoms with Gasteiger partial charge in [0, 0.05) is 0 Å². The van der Waals surface area contributed by atoms with Gasteiger partial charge in [0.05, 0.1) is 27.2 Å². The summed E-state index contributed by atoms with van der Waals surface area (Å²) >= 11 is 1.14. The van der Waals surface area contributed by atoms with Gasteiger partial charge in [0.2, 0.25) is 0 Å². The number of benzene rings is 1. The molecule has 3 N–H and O–H groups in total. The van der Waals surface area contributed by atoms with Crippen LogP contribution in [0.1, 0.15) is 5.56 Å². The van der Waals surface area contributed by atoms with Crippen molar-refractivity contribution in [1.29, 1.82) is 0 Å². The van der Waals surface area contributed by atoms with Crippen LogP contribution in [0, 0.1) is 0 Å². The van der Waals surface area contributed by atoms with E-state index in [1.54, 1.807) is 0 Å². The van der Waals surface area contributed by atoms with Gasteiger partial charge in [0.25, 0.3) is 13.1 Å². The van der Waals surface area contributed by atoms with Crippen LogP contribution in [0.15, 0.2) is 30.3 Å². The first-order valence-corrected chi connectivity index (χ1v) is 8.47. The Balaban J connectivity index is 2.60. The number of hydrogen-bond donors (Lipinski definition) is 2. The molecule has 1 unspecified atom stereocenters. The first-order chi connectivity index (χ1) is 7.38. The van der Waals surface area contributed by atoms with Gasteiger partial charge in [-0.05, 0) is 12.0 Å². The largest absolute Gasteiger partial charge is 0.320 e. The number of amides is 1. The number of halogens is 1. The Morgan fingerprint density at radius 2 is 1.94 bits per heavy atom. The Hall–Kier alpha value is -0.670. The zero-order chi connectivity index (χ0) is 12.2. The van der Waals surface area contributed by atoms with Crippen LogP contribution in [0.3, 0.4) is 0 Å². The summed E-state index contributed by atoms with van der Waals surface area (Å²) in [5, 5.41) is 0. The normalized spacial score (nSPS) is 13.1. The third-order valence-corrected chi connectivity index (χ3v) is 2.96. The SMILES string of the molecule is NC(Cc1ccccc1)C(=O)NS(=O)(=O)I. The molecule has 0 aliphatic rings. The van der Waals surface area contributed by atoms with Crippen molar-refractivity contribution in [3.8, 4) is 0 Å². The molecular weight excluding hydrogens is 343 g/mol. The van der Waals surface area contributed by atoms with Crippen molar-refractivity contribution < 1.29 is 13.2 Å². The molecule has 1 amide bonds. The molecule has 0 bridgehead atoms. The Morgan fingerprint density at radius 1 is 1.38 bits per heavy atom. The fourth-order valence-corrected chi connectivity index (χ4v) is 2.20. The molecule has 88 valence electrons. The molecule has 1 aromatic rings. The lowest BCUT2D eigenvalue weighted by Crippen LogP contribution is -2.43. The minimum Gasteiger partial charge on any atom is -0.320 e. The quantitative estimate of drug-likeness (QED) is 0.603. The molecular formula is C9H11IN2O3S. The van der Waals surface area contributed by atoms with E-state index < -0.39 is 19.1 Å². The molecule has 0 heterocycles. The highest BCUT2D eigenvalue weighted by molar-refractivity contribution is 14.2. The van der Waals surface area contributed by atoms with E-state index >= 15 is 0 Å². The summed E-state index contributed by atoms with van der Waals surface area (Å²) in [5.74, 6) is -0.696. The Bertz CT molecular complexity index is 461. The number of hydrogen-bond acceptors (Lipinski definition) is 4. The van der Waals surface area contributed by atoms with Crippen molar-refractivity contribution in [2.75, 3.05) is 0 Å². The summed E-state index contributed by atoms with van der Waals surface area (Å²) in [7, 11) is -3.57. The van der Waals surface area contributed by atoms with Crippen LogP contribution < -0.4 is 10.5 Å². The summed E-state index contributed by atoms with van der Waals surface area (Å²) in [6.07, 6.45) is 0.304. The van der Waals surface area contributed by atoms with Gasteiger partial charge in [-0.15, -0.1) is 0 Å². The first kappa shape index (κ1) is 13.4. The van der Waals surface area contributed by atoms with Crippen molar-refractivity contribution >= 4 is 34.3 Å². The van der Waals surface area contributed by atoms with Crippen LogP contribution >= 0.6 is 21.2 Å². The van der Waals surface area contributed by atoms with E-state index in [0.717, 1.165) is 26.8 Å². The summed E-state index contributed by atoms with van der Waals surface area (Å²) in [4.78, 5) is 11.3. The zero-order valence-electron chi connectivity index (χ0n) is 8.26. The number of carbonyl (C=O) groups excluding carboxylic acids is 1. The lowest BCUT2D eigenvalue weighted by Gasteiger charge is -2.10. The number of nitrogens with one attached hydrogen (secondary N) is 1. The molecule has 0 saturated carbocycles. The van der Waals surface area contributed by atoms with Crippen LogP contribution in [0.4, 0.5) is 0 Å². The maximum Gasteiger partial charge on any atom is 0.288 e. The van der Waals surface area contributed by atoms with E-state index in [1.807, 2.05) is 35.1 Å². The molecule has 0 fully saturated rings. The molecule has 0 spiro atoms. The van der Waals surface area contributed by atoms with Gasteiger partial charge in [-0.3, -0.25) is 4.79 Å². The summed E-state index contributed by atoms with van der Waals surface area (Å²) in [6.45, 7) is 0. The Morgan fingerprint density at radius 3 is 2.44 bits per heavy atom. The van der Waals surface area contributed by atoms with Gasteiger partial charge in [-0.25, -0.2) is 4.72 Å². The highest BCUT2D eigenvalue weighted by Crippen LogP contribution is 2.03. The van der Waals surface area contributed by atoms with Gasteiger partial charge in [0.15, 0.2) is 0 Å². The average molecular weight is 354 g/mol. The average Bonchev–Trinajstić information content (AvgIpc) is 2.16. The minimum atomic E-state index is -3.57. The highest BCUT2D eigenvalue weighted by Gasteiger charge is 2.18. The fraction of sp³-hybridized carbons (Fsp3) is 0.222. The molecule has 1 atom stereocenters. The van der Waals surface area contributed by atoms with Gasteiger partial charge in [0.1, 0.15) is 0 Å². The summed E-state index contributed by atoms with van der Waals surface area (Å²) in [6, 6.07) is 8.29. The molecule has 1 aromatic carbocycles. The topological polar surface area (TPSA) is 89.3 Å². The van der Waals surface area contributed by atoms with Crippen LogP contribution in [0.25, 0.3) is 0 Å². The fourth-order valence-electron chi connectivity index (χ4n) is 1.16. The second kappa shape index (κ2) is 5.60. The molecule has 5 nitrogen and oxygen atoms in total. The molecule has 0 saturated heterocycles. The van der Waals surface area contributed by atoms with Crippen LogP contribution in [-0.2, 0) is 18.4 Å². The second-order valence-corrected chi connectivity index (χ2v) is 7.76. The van der Waals surface area contributed by atoms with Crippen molar-refractivity contribution in [1.82, 2.24) is 4.72 Å². The third kappa shape index (κ3) is 4.90. The van der Waals surface area contributed by atoms with Crippen LogP contribution in [-0.4, -0.2) is 20.4 Å². The molecule has 16 heavy (non-hydrogen) atoms. The van der Waals surface area contributed by atoms with Crippen LogP contribution in [0.2, 0.25) is 0 Å². The smallest absolute Gasteiger partial charge is 0.288 e. The Kier molecular flexibility index (Phi) is 4.69. The number of carbonyl (C=O) groups is 1. The molecule has 7 heteroatoms. The number of nitrogens with two attached hydrogens (primary N) is 1. The van der Waals surface area contributed by atoms with Crippen molar-refractivity contribution in [2.45, 2.75) is 12.5 Å². The van der Waals surface area contributed by atoms with E-state index in [2.05, 4.69) is 0 Å². The van der Waals surface area contributed by atoms with Gasteiger partial charge < -0.3 is 5.73 Å². The van der Waals surface area contributed by atoms with Gasteiger partial charge in [-0.2, -0.15) is 8.42 Å². The van der Waals surface area contributed by atoms with Crippen molar-refractivity contribution in [3.05, 3.63) is 35.9 Å². The van der Waals surface area contributed by atoms with Gasteiger partial charge >= 0.3 is 0 Å². The molecule has 0 aliphatic heterocycles. The van der Waals surface area contributed by atoms with Crippen molar-refractivity contribution in [3.63, 3.8) is 0 Å². The summed E-state index contributed by atoms with van der Waals surface area (Å²) < 4.78 is 23.4. The molecule has 0 radical (unpaired) electrons.